The van der Waals surface area contributed by atoms with Crippen molar-refractivity contribution >= 4 is 11.9 Å². The van der Waals surface area contributed by atoms with Gasteiger partial charge in [-0.15, -0.1) is 0 Å². The second-order valence-corrected chi connectivity index (χ2v) is 11.2. The van der Waals surface area contributed by atoms with Crippen LogP contribution in [0.15, 0.2) is 48.6 Å². The topological polar surface area (TPSA) is 72.8 Å². The predicted octanol–water partition coefficient (Wildman–Crippen LogP) is 10.3. The van der Waals surface area contributed by atoms with Crippen LogP contribution in [0.5, 0.6) is 0 Å². The Bertz CT molecular complexity index is 722. The molecule has 5 heteroatoms. The van der Waals surface area contributed by atoms with Gasteiger partial charge >= 0.3 is 11.9 Å². The van der Waals surface area contributed by atoms with E-state index in [1.54, 1.807) is 0 Å². The van der Waals surface area contributed by atoms with Gasteiger partial charge in [0, 0.05) is 12.8 Å². The van der Waals surface area contributed by atoms with Crippen molar-refractivity contribution in [3.8, 4) is 0 Å². The highest BCUT2D eigenvalue weighted by Gasteiger charge is 2.16. The summed E-state index contributed by atoms with van der Waals surface area (Å²) in [6.45, 7) is 3.97. The Morgan fingerprint density at radius 2 is 1.02 bits per heavy atom. The van der Waals surface area contributed by atoms with Crippen LogP contribution in [0.2, 0.25) is 0 Å². The Balaban J connectivity index is 3.64. The Labute approximate surface area is 258 Å². The Morgan fingerprint density at radius 3 is 1.57 bits per heavy atom. The zero-order valence-corrected chi connectivity index (χ0v) is 27.2. The molecule has 42 heavy (non-hydrogen) atoms. The van der Waals surface area contributed by atoms with E-state index in [0.29, 0.717) is 12.8 Å². The van der Waals surface area contributed by atoms with E-state index in [-0.39, 0.29) is 25.2 Å². The second-order valence-electron chi connectivity index (χ2n) is 11.2. The van der Waals surface area contributed by atoms with E-state index in [4.69, 9.17) is 9.47 Å². The Hall–Kier alpha value is -2.14. The molecule has 0 saturated heterocycles. The number of rotatable bonds is 30. The largest absolute Gasteiger partial charge is 0.462 e. The van der Waals surface area contributed by atoms with Gasteiger partial charge in [-0.3, -0.25) is 9.59 Å². The van der Waals surface area contributed by atoms with Crippen molar-refractivity contribution < 1.29 is 24.2 Å². The third kappa shape index (κ3) is 30.8. The molecule has 0 aromatic rings. The summed E-state index contributed by atoms with van der Waals surface area (Å²) in [5, 5.41) is 9.51. The third-order valence-corrected chi connectivity index (χ3v) is 7.11. The summed E-state index contributed by atoms with van der Waals surface area (Å²) in [5.41, 5.74) is 0. The van der Waals surface area contributed by atoms with Crippen molar-refractivity contribution in [1.29, 1.82) is 0 Å². The van der Waals surface area contributed by atoms with Gasteiger partial charge in [0.15, 0.2) is 6.10 Å². The number of hydrogen-bond acceptors (Lipinski definition) is 5. The van der Waals surface area contributed by atoms with Crippen LogP contribution in [0.4, 0.5) is 0 Å². The average molecular weight is 589 g/mol. The van der Waals surface area contributed by atoms with Crippen LogP contribution in [-0.4, -0.2) is 36.4 Å². The minimum absolute atomic E-state index is 0.0783. The molecule has 0 bridgehead atoms. The smallest absolute Gasteiger partial charge is 0.306 e. The number of esters is 2. The highest BCUT2D eigenvalue weighted by molar-refractivity contribution is 5.70. The standard InChI is InChI=1S/C37H64O5/c1-3-5-7-9-11-13-15-17-18-20-22-24-26-28-30-32-37(40)42-35(33-38)34-41-36(39)31-29-27-25-23-21-19-16-14-12-10-8-6-4-2/h5,7,11,13-14,16-18,35,38H,3-4,6,8-10,12,15,19-34H2,1-2H3/t35-/m0/s1. The SMILES string of the molecule is CCC=CCC=CCC=CCCCCCCCC(=O)O[C@@H](CO)COC(=O)CCCCCCCC=CCCCCCC. The second kappa shape index (κ2) is 33.4. The number of carbonyl (C=O) groups is 2. The molecule has 0 aliphatic heterocycles. The van der Waals surface area contributed by atoms with Gasteiger partial charge in [0.25, 0.3) is 0 Å². The van der Waals surface area contributed by atoms with Crippen LogP contribution < -0.4 is 0 Å². The number of aliphatic hydroxyl groups is 1. The van der Waals surface area contributed by atoms with E-state index in [1.165, 1.54) is 51.4 Å². The molecule has 0 aliphatic carbocycles. The zero-order chi connectivity index (χ0) is 30.8. The maximum absolute atomic E-state index is 12.1. The first-order valence-electron chi connectivity index (χ1n) is 17.2. The van der Waals surface area contributed by atoms with Crippen LogP contribution in [0.1, 0.15) is 155 Å². The van der Waals surface area contributed by atoms with Gasteiger partial charge < -0.3 is 14.6 Å². The monoisotopic (exact) mass is 588 g/mol. The van der Waals surface area contributed by atoms with Crippen LogP contribution in [-0.2, 0) is 19.1 Å². The first-order chi connectivity index (χ1) is 20.6. The number of unbranched alkanes of at least 4 members (excludes halogenated alkanes) is 14. The van der Waals surface area contributed by atoms with Gasteiger partial charge in [-0.1, -0.05) is 120 Å². The van der Waals surface area contributed by atoms with E-state index in [0.717, 1.165) is 77.0 Å². The van der Waals surface area contributed by atoms with Crippen LogP contribution in [0.3, 0.4) is 0 Å². The summed E-state index contributed by atoms with van der Waals surface area (Å²) in [7, 11) is 0. The van der Waals surface area contributed by atoms with Gasteiger partial charge in [0.05, 0.1) is 6.61 Å². The lowest BCUT2D eigenvalue weighted by Gasteiger charge is -2.15. The third-order valence-electron chi connectivity index (χ3n) is 7.11. The first kappa shape index (κ1) is 39.9. The van der Waals surface area contributed by atoms with E-state index in [9.17, 15) is 14.7 Å². The minimum atomic E-state index is -0.782. The molecule has 0 aliphatic rings. The van der Waals surface area contributed by atoms with Crippen LogP contribution >= 0.6 is 0 Å². The van der Waals surface area contributed by atoms with Gasteiger partial charge in [0.1, 0.15) is 6.61 Å². The summed E-state index contributed by atoms with van der Waals surface area (Å²) < 4.78 is 10.5. The minimum Gasteiger partial charge on any atom is -0.462 e. The molecule has 5 nitrogen and oxygen atoms in total. The van der Waals surface area contributed by atoms with E-state index < -0.39 is 6.10 Å². The summed E-state index contributed by atoms with van der Waals surface area (Å²) in [4.78, 5) is 24.1. The lowest BCUT2D eigenvalue weighted by molar-refractivity contribution is -0.161. The van der Waals surface area contributed by atoms with E-state index in [1.807, 2.05) is 0 Å². The average Bonchev–Trinajstić information content (AvgIpc) is 2.99. The number of ether oxygens (including phenoxy) is 2. The van der Waals surface area contributed by atoms with Gasteiger partial charge in [-0.25, -0.2) is 0 Å². The first-order valence-corrected chi connectivity index (χ1v) is 17.2. The van der Waals surface area contributed by atoms with Gasteiger partial charge in [-0.05, 0) is 70.6 Å². The molecule has 0 saturated carbocycles. The number of hydrogen-bond donors (Lipinski definition) is 1. The van der Waals surface area contributed by atoms with Crippen molar-refractivity contribution in [2.24, 2.45) is 0 Å². The molecule has 0 spiro atoms. The number of allylic oxidation sites excluding steroid dienone is 8. The summed E-state index contributed by atoms with van der Waals surface area (Å²) in [5.74, 6) is -0.626. The fourth-order valence-corrected chi connectivity index (χ4v) is 4.50. The van der Waals surface area contributed by atoms with E-state index in [2.05, 4.69) is 62.5 Å². The van der Waals surface area contributed by atoms with Crippen molar-refractivity contribution in [2.45, 2.75) is 161 Å². The van der Waals surface area contributed by atoms with Crippen molar-refractivity contribution in [1.82, 2.24) is 0 Å². The van der Waals surface area contributed by atoms with Crippen LogP contribution in [0.25, 0.3) is 0 Å². The normalized spacial score (nSPS) is 12.7. The molecule has 0 aromatic carbocycles. The molecule has 0 heterocycles. The van der Waals surface area contributed by atoms with Crippen molar-refractivity contribution in [3.05, 3.63) is 48.6 Å². The maximum atomic E-state index is 12.1. The molecular weight excluding hydrogens is 524 g/mol. The summed E-state index contributed by atoms with van der Waals surface area (Å²) >= 11 is 0. The molecule has 0 fully saturated rings. The highest BCUT2D eigenvalue weighted by Crippen LogP contribution is 2.11. The Morgan fingerprint density at radius 1 is 0.571 bits per heavy atom. The number of carbonyl (C=O) groups excluding carboxylic acids is 2. The lowest BCUT2D eigenvalue weighted by atomic mass is 10.1. The van der Waals surface area contributed by atoms with Crippen molar-refractivity contribution in [3.63, 3.8) is 0 Å². The molecule has 0 unspecified atom stereocenters. The molecule has 242 valence electrons. The molecule has 1 atom stereocenters. The van der Waals surface area contributed by atoms with Gasteiger partial charge in [-0.2, -0.15) is 0 Å². The molecule has 0 radical (unpaired) electrons. The summed E-state index contributed by atoms with van der Waals surface area (Å²) in [6, 6.07) is 0. The molecule has 1 N–H and O–H groups in total. The highest BCUT2D eigenvalue weighted by atomic mass is 16.6. The molecule has 0 aromatic heterocycles. The van der Waals surface area contributed by atoms with E-state index >= 15 is 0 Å². The summed E-state index contributed by atoms with van der Waals surface area (Å²) in [6.07, 6.45) is 40.2. The fourth-order valence-electron chi connectivity index (χ4n) is 4.50. The number of aliphatic hydroxyl groups excluding tert-OH is 1. The fraction of sp³-hybridized carbons (Fsp3) is 0.730. The predicted molar refractivity (Wildman–Crippen MR) is 177 cm³/mol. The quantitative estimate of drug-likeness (QED) is 0.0513. The molecule has 0 amide bonds. The lowest BCUT2D eigenvalue weighted by Crippen LogP contribution is -2.28. The van der Waals surface area contributed by atoms with Crippen molar-refractivity contribution in [2.75, 3.05) is 13.2 Å². The zero-order valence-electron chi connectivity index (χ0n) is 27.2. The molecular formula is C37H64O5. The maximum Gasteiger partial charge on any atom is 0.306 e. The van der Waals surface area contributed by atoms with Crippen LogP contribution in [0, 0.1) is 0 Å². The Kier molecular flexibility index (Phi) is 31.7. The molecule has 0 rings (SSSR count). The van der Waals surface area contributed by atoms with Gasteiger partial charge in [0.2, 0.25) is 0 Å².